The molecule has 2 rings (SSSR count). The van der Waals surface area contributed by atoms with Gasteiger partial charge in [-0.15, -0.1) is 0 Å². The van der Waals surface area contributed by atoms with Crippen LogP contribution >= 0.6 is 0 Å². The molecule has 1 aromatic rings. The molecule has 0 aliphatic carbocycles. The Morgan fingerprint density at radius 1 is 1.23 bits per heavy atom. The molecule has 0 N–H and O–H groups in total. The Balaban J connectivity index is 2.21. The Hall–Kier alpha value is -2.04. The van der Waals surface area contributed by atoms with E-state index in [0.717, 1.165) is 16.7 Å². The van der Waals surface area contributed by atoms with Gasteiger partial charge < -0.3 is 14.4 Å². The fourth-order valence-electron chi connectivity index (χ4n) is 2.58. The average Bonchev–Trinajstić information content (AvgIpc) is 2.44. The normalized spacial score (nSPS) is 14.3. The number of hydrogen-bond acceptors (Lipinski definition) is 4. The van der Waals surface area contributed by atoms with Crippen LogP contribution in [0.5, 0.6) is 0 Å². The van der Waals surface area contributed by atoms with E-state index in [9.17, 15) is 9.59 Å². The van der Waals surface area contributed by atoms with E-state index in [0.29, 0.717) is 25.1 Å². The number of nitrogens with zero attached hydrogens (tertiary/aromatic N) is 1. The zero-order valence-corrected chi connectivity index (χ0v) is 13.9. The molecule has 1 aromatic carbocycles. The van der Waals surface area contributed by atoms with Crippen LogP contribution in [-0.4, -0.2) is 36.2 Å². The largest absolute Gasteiger partial charge is 0.465 e. The summed E-state index contributed by atoms with van der Waals surface area (Å²) >= 11 is 0. The summed E-state index contributed by atoms with van der Waals surface area (Å²) in [6.45, 7) is 8.62. The Morgan fingerprint density at radius 2 is 1.91 bits per heavy atom. The number of rotatable bonds is 1. The van der Waals surface area contributed by atoms with Crippen molar-refractivity contribution in [2.24, 2.45) is 0 Å². The molecule has 5 nitrogen and oxygen atoms in total. The van der Waals surface area contributed by atoms with Gasteiger partial charge in [0.1, 0.15) is 5.60 Å². The lowest BCUT2D eigenvalue weighted by atomic mass is 9.93. The minimum absolute atomic E-state index is 0.297. The summed E-state index contributed by atoms with van der Waals surface area (Å²) in [4.78, 5) is 25.6. The van der Waals surface area contributed by atoms with E-state index in [-0.39, 0.29) is 12.1 Å². The third kappa shape index (κ3) is 3.59. The van der Waals surface area contributed by atoms with Crippen LogP contribution in [0.3, 0.4) is 0 Å². The standard InChI is InChI=1S/C17H23NO4/c1-11-8-13(15(19)21-5)9-12-6-7-18(10-14(11)12)16(20)22-17(2,3)4/h8-9H,6-7,10H2,1-5H3. The first kappa shape index (κ1) is 16.3. The average molecular weight is 305 g/mol. The van der Waals surface area contributed by atoms with E-state index in [1.54, 1.807) is 4.90 Å². The van der Waals surface area contributed by atoms with Crippen LogP contribution < -0.4 is 0 Å². The smallest absolute Gasteiger partial charge is 0.410 e. The lowest BCUT2D eigenvalue weighted by molar-refractivity contribution is 0.0223. The molecule has 0 saturated heterocycles. The molecule has 0 atom stereocenters. The molecule has 0 spiro atoms. The summed E-state index contributed by atoms with van der Waals surface area (Å²) in [6.07, 6.45) is 0.412. The Morgan fingerprint density at radius 3 is 2.50 bits per heavy atom. The number of fused-ring (bicyclic) bond motifs is 1. The van der Waals surface area contributed by atoms with E-state index in [2.05, 4.69) is 0 Å². The second-order valence-electron chi connectivity index (χ2n) is 6.57. The van der Waals surface area contributed by atoms with Gasteiger partial charge in [0.15, 0.2) is 0 Å². The fourth-order valence-corrected chi connectivity index (χ4v) is 2.58. The summed E-state index contributed by atoms with van der Waals surface area (Å²) in [6, 6.07) is 3.67. The zero-order chi connectivity index (χ0) is 16.5. The minimum Gasteiger partial charge on any atom is -0.465 e. The number of ether oxygens (including phenoxy) is 2. The number of carbonyl (C=O) groups is 2. The summed E-state index contributed by atoms with van der Waals surface area (Å²) in [5, 5.41) is 0. The second kappa shape index (κ2) is 5.99. The summed E-state index contributed by atoms with van der Waals surface area (Å²) in [5.41, 5.74) is 3.24. The number of aryl methyl sites for hydroxylation is 1. The van der Waals surface area contributed by atoms with Gasteiger partial charge in [-0.1, -0.05) is 0 Å². The van der Waals surface area contributed by atoms with Gasteiger partial charge in [0.05, 0.1) is 12.7 Å². The van der Waals surface area contributed by atoms with E-state index < -0.39 is 5.60 Å². The SMILES string of the molecule is COC(=O)c1cc(C)c2c(c1)CCN(C(=O)OC(C)(C)C)C2. The summed E-state index contributed by atoms with van der Waals surface area (Å²) in [5.74, 6) is -0.333. The molecule has 22 heavy (non-hydrogen) atoms. The highest BCUT2D eigenvalue weighted by molar-refractivity contribution is 5.90. The Labute approximate surface area is 131 Å². The van der Waals surface area contributed by atoms with Crippen LogP contribution in [0.15, 0.2) is 12.1 Å². The number of benzene rings is 1. The number of methoxy groups -OCH3 is 1. The van der Waals surface area contributed by atoms with Gasteiger partial charge in [-0.05, 0) is 62.9 Å². The monoisotopic (exact) mass is 305 g/mol. The molecule has 0 unspecified atom stereocenters. The van der Waals surface area contributed by atoms with Crippen molar-refractivity contribution in [2.45, 2.75) is 46.3 Å². The zero-order valence-electron chi connectivity index (χ0n) is 13.9. The Bertz CT molecular complexity index is 601. The van der Waals surface area contributed by atoms with Crippen molar-refractivity contribution in [1.29, 1.82) is 0 Å². The Kier molecular flexibility index (Phi) is 4.44. The molecular weight excluding hydrogens is 282 g/mol. The molecule has 0 bridgehead atoms. The maximum atomic E-state index is 12.2. The van der Waals surface area contributed by atoms with Crippen LogP contribution in [0.4, 0.5) is 4.79 Å². The highest BCUT2D eigenvalue weighted by Crippen LogP contribution is 2.25. The van der Waals surface area contributed by atoms with Gasteiger partial charge in [0.25, 0.3) is 0 Å². The molecule has 5 heteroatoms. The van der Waals surface area contributed by atoms with Crippen molar-refractivity contribution in [1.82, 2.24) is 4.90 Å². The number of amides is 1. The van der Waals surface area contributed by atoms with Crippen LogP contribution in [0.2, 0.25) is 0 Å². The van der Waals surface area contributed by atoms with Gasteiger partial charge in [0, 0.05) is 13.1 Å². The summed E-state index contributed by atoms with van der Waals surface area (Å²) < 4.78 is 10.2. The van der Waals surface area contributed by atoms with Crippen LogP contribution in [0, 0.1) is 6.92 Å². The number of esters is 1. The van der Waals surface area contributed by atoms with Crippen molar-refractivity contribution >= 4 is 12.1 Å². The fraction of sp³-hybridized carbons (Fsp3) is 0.529. The minimum atomic E-state index is -0.499. The van der Waals surface area contributed by atoms with Crippen molar-refractivity contribution in [3.8, 4) is 0 Å². The molecule has 120 valence electrons. The second-order valence-corrected chi connectivity index (χ2v) is 6.57. The van der Waals surface area contributed by atoms with Crippen molar-refractivity contribution in [3.63, 3.8) is 0 Å². The van der Waals surface area contributed by atoms with Crippen LogP contribution in [0.25, 0.3) is 0 Å². The van der Waals surface area contributed by atoms with Crippen molar-refractivity contribution in [2.75, 3.05) is 13.7 Å². The molecule has 0 fully saturated rings. The van der Waals surface area contributed by atoms with Gasteiger partial charge in [0.2, 0.25) is 0 Å². The molecule has 1 aliphatic heterocycles. The summed E-state index contributed by atoms with van der Waals surface area (Å²) in [7, 11) is 1.38. The quantitative estimate of drug-likeness (QED) is 0.748. The van der Waals surface area contributed by atoms with Gasteiger partial charge in [-0.3, -0.25) is 0 Å². The van der Waals surface area contributed by atoms with Crippen molar-refractivity contribution in [3.05, 3.63) is 34.4 Å². The number of carbonyl (C=O) groups excluding carboxylic acids is 2. The van der Waals surface area contributed by atoms with Crippen molar-refractivity contribution < 1.29 is 19.1 Å². The topological polar surface area (TPSA) is 55.8 Å². The first-order chi connectivity index (χ1) is 10.2. The van der Waals surface area contributed by atoms with E-state index in [1.165, 1.54) is 7.11 Å². The van der Waals surface area contributed by atoms with Gasteiger partial charge >= 0.3 is 12.1 Å². The highest BCUT2D eigenvalue weighted by Gasteiger charge is 2.27. The lowest BCUT2D eigenvalue weighted by Gasteiger charge is -2.32. The molecule has 0 saturated carbocycles. The predicted octanol–water partition coefficient (Wildman–Crippen LogP) is 3.07. The third-order valence-corrected chi connectivity index (χ3v) is 3.64. The molecular formula is C17H23NO4. The predicted molar refractivity (Wildman–Crippen MR) is 82.9 cm³/mol. The van der Waals surface area contributed by atoms with E-state index in [1.807, 2.05) is 39.8 Å². The first-order valence-corrected chi connectivity index (χ1v) is 7.40. The van der Waals surface area contributed by atoms with Gasteiger partial charge in [-0.25, -0.2) is 9.59 Å². The lowest BCUT2D eigenvalue weighted by Crippen LogP contribution is -2.40. The first-order valence-electron chi connectivity index (χ1n) is 7.40. The number of hydrogen-bond donors (Lipinski definition) is 0. The maximum Gasteiger partial charge on any atom is 0.410 e. The molecule has 1 heterocycles. The molecule has 1 aliphatic rings. The highest BCUT2D eigenvalue weighted by atomic mass is 16.6. The van der Waals surface area contributed by atoms with Crippen LogP contribution in [0.1, 0.15) is 47.8 Å². The maximum absolute atomic E-state index is 12.2. The van der Waals surface area contributed by atoms with Gasteiger partial charge in [-0.2, -0.15) is 0 Å². The van der Waals surface area contributed by atoms with E-state index in [4.69, 9.17) is 9.47 Å². The molecule has 0 radical (unpaired) electrons. The van der Waals surface area contributed by atoms with E-state index >= 15 is 0 Å². The van der Waals surface area contributed by atoms with Crippen LogP contribution in [-0.2, 0) is 22.4 Å². The third-order valence-electron chi connectivity index (χ3n) is 3.64. The molecule has 0 aromatic heterocycles. The molecule has 1 amide bonds.